The van der Waals surface area contributed by atoms with Crippen LogP contribution in [0, 0.1) is 18.8 Å². The molecule has 2 aliphatic rings. The van der Waals surface area contributed by atoms with E-state index < -0.39 is 0 Å². The molecule has 8 nitrogen and oxygen atoms in total. The lowest BCUT2D eigenvalue weighted by Gasteiger charge is -2.34. The van der Waals surface area contributed by atoms with Gasteiger partial charge in [-0.05, 0) is 30.7 Å². The largest absolute Gasteiger partial charge is 0.378 e. The van der Waals surface area contributed by atoms with Gasteiger partial charge in [0.2, 0.25) is 5.91 Å². The lowest BCUT2D eigenvalue weighted by atomic mass is 9.92. The third-order valence-electron chi connectivity index (χ3n) is 5.94. The minimum absolute atomic E-state index is 0.0238. The van der Waals surface area contributed by atoms with Gasteiger partial charge in [-0.1, -0.05) is 13.8 Å². The van der Waals surface area contributed by atoms with Crippen LogP contribution in [0.4, 0.5) is 0 Å². The van der Waals surface area contributed by atoms with E-state index in [4.69, 9.17) is 4.74 Å². The Labute approximate surface area is 179 Å². The Hall–Kier alpha value is -2.26. The van der Waals surface area contributed by atoms with Gasteiger partial charge in [-0.15, -0.1) is 11.3 Å². The molecule has 4 heterocycles. The number of carbonyl (C=O) groups excluding carboxylic acids is 2. The number of carbonyl (C=O) groups is 2. The van der Waals surface area contributed by atoms with Gasteiger partial charge in [0.15, 0.2) is 0 Å². The fourth-order valence-electron chi connectivity index (χ4n) is 4.51. The average molecular weight is 433 g/mol. The number of nitrogens with zero attached hydrogens (tertiary/aromatic N) is 4. The van der Waals surface area contributed by atoms with Gasteiger partial charge < -0.3 is 14.5 Å². The predicted molar refractivity (Wildman–Crippen MR) is 115 cm³/mol. The lowest BCUT2D eigenvalue weighted by Crippen LogP contribution is -2.43. The smallest absolute Gasteiger partial charge is 0.264 e. The number of aryl methyl sites for hydroxylation is 1. The van der Waals surface area contributed by atoms with E-state index in [2.05, 4.69) is 18.8 Å². The summed E-state index contributed by atoms with van der Waals surface area (Å²) in [5, 5.41) is 0.443. The lowest BCUT2D eigenvalue weighted by molar-refractivity contribution is -0.135. The number of piperidine rings is 1. The van der Waals surface area contributed by atoms with E-state index in [-0.39, 0.29) is 23.9 Å². The molecule has 9 heteroatoms. The topological polar surface area (TPSA) is 84.7 Å². The second kappa shape index (κ2) is 8.47. The van der Waals surface area contributed by atoms with Crippen molar-refractivity contribution < 1.29 is 14.3 Å². The first-order valence-electron chi connectivity index (χ1n) is 10.5. The van der Waals surface area contributed by atoms with Crippen LogP contribution in [0.3, 0.4) is 0 Å². The summed E-state index contributed by atoms with van der Waals surface area (Å²) >= 11 is 1.27. The van der Waals surface area contributed by atoms with Crippen molar-refractivity contribution in [1.29, 1.82) is 0 Å². The first-order valence-corrected chi connectivity index (χ1v) is 11.3. The van der Waals surface area contributed by atoms with Crippen molar-refractivity contribution in [3.8, 4) is 0 Å². The van der Waals surface area contributed by atoms with E-state index in [0.717, 1.165) is 19.5 Å². The Kier molecular flexibility index (Phi) is 5.92. The number of hydrogen-bond donors (Lipinski definition) is 0. The van der Waals surface area contributed by atoms with Crippen LogP contribution in [0.5, 0.6) is 0 Å². The number of hydrogen-bond acceptors (Lipinski definition) is 6. The van der Waals surface area contributed by atoms with Gasteiger partial charge in [-0.25, -0.2) is 4.98 Å². The third-order valence-corrected chi connectivity index (χ3v) is 7.12. The monoisotopic (exact) mass is 432 g/mol. The van der Waals surface area contributed by atoms with Gasteiger partial charge in [0.25, 0.3) is 11.5 Å². The summed E-state index contributed by atoms with van der Waals surface area (Å²) in [6, 6.07) is 0. The van der Waals surface area contributed by atoms with Crippen LogP contribution >= 0.6 is 11.3 Å². The van der Waals surface area contributed by atoms with E-state index in [1.165, 1.54) is 22.2 Å². The van der Waals surface area contributed by atoms with Crippen LogP contribution in [0.1, 0.15) is 35.5 Å². The molecule has 0 aromatic carbocycles. The first kappa shape index (κ1) is 21.0. The van der Waals surface area contributed by atoms with E-state index in [9.17, 15) is 14.4 Å². The molecule has 0 aliphatic carbocycles. The van der Waals surface area contributed by atoms with Crippen molar-refractivity contribution >= 4 is 33.4 Å². The zero-order valence-corrected chi connectivity index (χ0v) is 18.5. The molecule has 0 spiro atoms. The molecule has 2 atom stereocenters. The molecule has 0 N–H and O–H groups in total. The number of thiophene rings is 1. The highest BCUT2D eigenvalue weighted by molar-refractivity contribution is 7.20. The zero-order chi connectivity index (χ0) is 21.4. The van der Waals surface area contributed by atoms with Gasteiger partial charge >= 0.3 is 0 Å². The van der Waals surface area contributed by atoms with Crippen LogP contribution in [0.15, 0.2) is 11.1 Å². The molecule has 0 bridgehead atoms. The summed E-state index contributed by atoms with van der Waals surface area (Å²) < 4.78 is 6.62. The summed E-state index contributed by atoms with van der Waals surface area (Å²) in [4.78, 5) is 48.0. The highest BCUT2D eigenvalue weighted by Crippen LogP contribution is 2.30. The highest BCUT2D eigenvalue weighted by Gasteiger charge is 2.29. The van der Waals surface area contributed by atoms with Crippen molar-refractivity contribution in [2.24, 2.45) is 11.8 Å². The van der Waals surface area contributed by atoms with Crippen molar-refractivity contribution in [2.75, 3.05) is 39.4 Å². The normalized spacial score (nSPS) is 22.5. The predicted octanol–water partition coefficient (Wildman–Crippen LogP) is 1.74. The van der Waals surface area contributed by atoms with Crippen LogP contribution in [-0.2, 0) is 16.1 Å². The summed E-state index contributed by atoms with van der Waals surface area (Å²) in [5.74, 6) is 0.786. The van der Waals surface area contributed by atoms with E-state index in [1.807, 2.05) is 4.90 Å². The van der Waals surface area contributed by atoms with E-state index in [1.54, 1.807) is 11.8 Å². The standard InChI is InChI=1S/C21H28N4O4S/c1-13-8-14(2)10-24(9-13)21(28)18-15(3)17-19(30-18)22-12-25(20(17)27)11-16(26)23-4-6-29-7-5-23/h12-14H,4-11H2,1-3H3. The molecular formula is C21H28N4O4S. The number of rotatable bonds is 3. The quantitative estimate of drug-likeness (QED) is 0.738. The van der Waals surface area contributed by atoms with Crippen molar-refractivity contribution in [3.05, 3.63) is 27.1 Å². The van der Waals surface area contributed by atoms with Gasteiger partial charge in [-0.2, -0.15) is 0 Å². The molecule has 2 fully saturated rings. The van der Waals surface area contributed by atoms with Crippen molar-refractivity contribution in [1.82, 2.24) is 19.4 Å². The van der Waals surface area contributed by atoms with Crippen LogP contribution in [0.2, 0.25) is 0 Å². The Balaban J connectivity index is 1.61. The first-order chi connectivity index (χ1) is 14.3. The van der Waals surface area contributed by atoms with Crippen LogP contribution < -0.4 is 5.56 Å². The molecule has 0 radical (unpaired) electrons. The van der Waals surface area contributed by atoms with E-state index >= 15 is 0 Å². The maximum Gasteiger partial charge on any atom is 0.264 e. The summed E-state index contributed by atoms with van der Waals surface area (Å²) in [6.45, 7) is 9.66. The van der Waals surface area contributed by atoms with Crippen molar-refractivity contribution in [3.63, 3.8) is 0 Å². The minimum Gasteiger partial charge on any atom is -0.378 e. The van der Waals surface area contributed by atoms with Crippen LogP contribution in [-0.4, -0.2) is 70.6 Å². The van der Waals surface area contributed by atoms with Gasteiger partial charge in [-0.3, -0.25) is 19.0 Å². The summed E-state index contributed by atoms with van der Waals surface area (Å²) in [7, 11) is 0. The van der Waals surface area contributed by atoms with Crippen molar-refractivity contribution in [2.45, 2.75) is 33.7 Å². The Morgan fingerprint density at radius 2 is 1.83 bits per heavy atom. The van der Waals surface area contributed by atoms with E-state index in [0.29, 0.717) is 58.8 Å². The fourth-order valence-corrected chi connectivity index (χ4v) is 5.61. The molecule has 2 aliphatic heterocycles. The number of aromatic nitrogens is 2. The second-order valence-corrected chi connectivity index (χ2v) is 9.56. The zero-order valence-electron chi connectivity index (χ0n) is 17.7. The van der Waals surface area contributed by atoms with Gasteiger partial charge in [0.05, 0.1) is 29.8 Å². The second-order valence-electron chi connectivity index (χ2n) is 8.56. The fraction of sp³-hybridized carbons (Fsp3) is 0.619. The molecule has 0 saturated carbocycles. The number of morpholine rings is 1. The molecule has 2 saturated heterocycles. The Morgan fingerprint density at radius 3 is 2.50 bits per heavy atom. The Morgan fingerprint density at radius 1 is 1.17 bits per heavy atom. The molecule has 2 amide bonds. The average Bonchev–Trinajstić information content (AvgIpc) is 3.06. The Bertz CT molecular complexity index is 1010. The number of likely N-dealkylation sites (tertiary alicyclic amines) is 1. The molecule has 2 unspecified atom stereocenters. The number of ether oxygens (including phenoxy) is 1. The minimum atomic E-state index is -0.269. The SMILES string of the molecule is Cc1c(C(=O)N2CC(C)CC(C)C2)sc2ncn(CC(=O)N3CCOCC3)c(=O)c12. The summed E-state index contributed by atoms with van der Waals surface area (Å²) in [5.41, 5.74) is 0.395. The molecule has 2 aromatic rings. The summed E-state index contributed by atoms with van der Waals surface area (Å²) in [6.07, 6.45) is 2.54. The third kappa shape index (κ3) is 4.00. The molecule has 4 rings (SSSR count). The molecular weight excluding hydrogens is 404 g/mol. The highest BCUT2D eigenvalue weighted by atomic mass is 32.1. The number of fused-ring (bicyclic) bond motifs is 1. The molecule has 30 heavy (non-hydrogen) atoms. The van der Waals surface area contributed by atoms with Gasteiger partial charge in [0.1, 0.15) is 11.4 Å². The maximum absolute atomic E-state index is 13.2. The molecule has 162 valence electrons. The number of amides is 2. The van der Waals surface area contributed by atoms with Gasteiger partial charge in [0, 0.05) is 26.2 Å². The molecule has 2 aromatic heterocycles. The van der Waals surface area contributed by atoms with Crippen LogP contribution in [0.25, 0.3) is 10.2 Å². The maximum atomic E-state index is 13.2.